The molecule has 0 aliphatic heterocycles. The Morgan fingerprint density at radius 3 is 0.947 bits per heavy atom. The van der Waals surface area contributed by atoms with Gasteiger partial charge in [0.1, 0.15) is 20.2 Å². The summed E-state index contributed by atoms with van der Waals surface area (Å²) >= 11 is 0. The topological polar surface area (TPSA) is 156 Å². The van der Waals surface area contributed by atoms with Gasteiger partial charge >= 0.3 is 59.1 Å². The molecule has 2 N–H and O–H groups in total. The summed E-state index contributed by atoms with van der Waals surface area (Å²) in [5.74, 6) is -0.192. The van der Waals surface area contributed by atoms with E-state index >= 15 is 0 Å². The zero-order valence-electron chi connectivity index (χ0n) is 20.4. The van der Waals surface area contributed by atoms with Crippen LogP contribution in [0.25, 0.3) is 0 Å². The molecule has 0 aliphatic rings. The molecule has 0 saturated carbocycles. The normalized spacial score (nSPS) is 11.0. The van der Waals surface area contributed by atoms with Gasteiger partial charge in [0, 0.05) is 33.9 Å². The van der Waals surface area contributed by atoms with Crippen LogP contribution in [0.15, 0.2) is 107 Å². The first-order valence-electron chi connectivity index (χ1n) is 10.4. The van der Waals surface area contributed by atoms with Crippen molar-refractivity contribution in [1.82, 2.24) is 0 Å². The van der Waals surface area contributed by atoms with E-state index in [-0.39, 0.29) is 74.7 Å². The van der Waals surface area contributed by atoms with Crippen molar-refractivity contribution in [3.8, 4) is 0 Å². The van der Waals surface area contributed by atoms with Gasteiger partial charge in [-0.05, 0) is 97.1 Å². The Balaban J connectivity index is 0.00000253. The quantitative estimate of drug-likeness (QED) is 0.143. The number of carbonyl (C=O) groups is 1. The molecular weight excluding hydrogens is 550 g/mol. The van der Waals surface area contributed by atoms with Gasteiger partial charge < -0.3 is 19.7 Å². The summed E-state index contributed by atoms with van der Waals surface area (Å²) in [7, 11) is -9.02. The number of ketones is 1. The van der Waals surface area contributed by atoms with Crippen molar-refractivity contribution in [2.24, 2.45) is 0 Å². The molecule has 0 saturated heterocycles. The van der Waals surface area contributed by atoms with Crippen LogP contribution in [0, 0.1) is 0 Å². The fourth-order valence-corrected chi connectivity index (χ4v) is 4.26. The van der Waals surface area contributed by atoms with Crippen LogP contribution in [-0.2, 0) is 20.2 Å². The molecule has 0 spiro atoms. The number of carbonyl (C=O) groups excluding carboxylic acids is 1. The zero-order valence-corrected chi connectivity index (χ0v) is 26.0. The van der Waals surface area contributed by atoms with Gasteiger partial charge in [0.2, 0.25) is 0 Å². The van der Waals surface area contributed by atoms with Gasteiger partial charge in [-0.15, -0.1) is 0 Å². The van der Waals surface area contributed by atoms with Crippen LogP contribution in [0.5, 0.6) is 0 Å². The predicted molar refractivity (Wildman–Crippen MR) is 132 cm³/mol. The Bertz CT molecular complexity index is 1490. The molecule has 0 aromatic heterocycles. The molecular formula is C25H18N2Na2O7S2. The Morgan fingerprint density at radius 1 is 0.474 bits per heavy atom. The fraction of sp³-hybridized carbons (Fsp3) is 0. The van der Waals surface area contributed by atoms with Crippen LogP contribution >= 0.6 is 0 Å². The van der Waals surface area contributed by atoms with Crippen LogP contribution in [0.2, 0.25) is 0 Å². The van der Waals surface area contributed by atoms with E-state index in [4.69, 9.17) is 0 Å². The largest absolute Gasteiger partial charge is 1.00 e. The molecule has 13 heteroatoms. The molecule has 0 atom stereocenters. The van der Waals surface area contributed by atoms with E-state index in [9.17, 15) is 30.7 Å². The average Bonchev–Trinajstić information content (AvgIpc) is 2.84. The zero-order chi connectivity index (χ0) is 25.9. The van der Waals surface area contributed by atoms with E-state index in [1.807, 2.05) is 0 Å². The third-order valence-corrected chi connectivity index (χ3v) is 6.86. The van der Waals surface area contributed by atoms with Crippen molar-refractivity contribution in [3.05, 3.63) is 108 Å². The number of hydrogen-bond donors (Lipinski definition) is 2. The van der Waals surface area contributed by atoms with E-state index in [0.29, 0.717) is 33.9 Å². The van der Waals surface area contributed by atoms with Gasteiger partial charge in [0.05, 0.1) is 9.79 Å². The molecule has 9 nitrogen and oxygen atoms in total. The molecule has 0 aliphatic carbocycles. The number of anilines is 4. The third kappa shape index (κ3) is 8.48. The first kappa shape index (κ1) is 32.2. The van der Waals surface area contributed by atoms with E-state index in [1.165, 1.54) is 48.5 Å². The molecule has 0 fully saturated rings. The van der Waals surface area contributed by atoms with Crippen LogP contribution in [-0.4, -0.2) is 31.7 Å². The summed E-state index contributed by atoms with van der Waals surface area (Å²) in [5.41, 5.74) is 3.41. The number of benzene rings is 4. The SMILES string of the molecule is O=C(c1ccc(Nc2ccc(S(=O)(=O)[O-])cc2)cc1)c1ccc(Nc2ccc(S(=O)(=O)[O-])cc2)cc1.[Na+].[Na+]. The minimum atomic E-state index is -4.51. The van der Waals surface area contributed by atoms with Crippen molar-refractivity contribution < 1.29 is 89.9 Å². The Kier molecular flexibility index (Phi) is 11.3. The summed E-state index contributed by atoms with van der Waals surface area (Å²) < 4.78 is 66.1. The molecule has 0 heterocycles. The second kappa shape index (κ2) is 13.4. The third-order valence-electron chi connectivity index (χ3n) is 5.16. The van der Waals surface area contributed by atoms with Crippen molar-refractivity contribution in [1.29, 1.82) is 0 Å². The van der Waals surface area contributed by atoms with Gasteiger partial charge in [-0.25, -0.2) is 16.8 Å². The van der Waals surface area contributed by atoms with Gasteiger partial charge in [0.25, 0.3) is 0 Å². The van der Waals surface area contributed by atoms with Crippen LogP contribution < -0.4 is 69.7 Å². The second-order valence-corrected chi connectivity index (χ2v) is 10.5. The van der Waals surface area contributed by atoms with Gasteiger partial charge in [-0.1, -0.05) is 0 Å². The Labute approximate surface area is 264 Å². The molecule has 0 radical (unpaired) electrons. The molecule has 4 rings (SSSR count). The van der Waals surface area contributed by atoms with Gasteiger partial charge in [0.15, 0.2) is 5.78 Å². The van der Waals surface area contributed by atoms with Crippen molar-refractivity contribution in [2.75, 3.05) is 10.6 Å². The smallest absolute Gasteiger partial charge is 0.744 e. The summed E-state index contributed by atoms with van der Waals surface area (Å²) in [6.07, 6.45) is 0. The number of rotatable bonds is 8. The van der Waals surface area contributed by atoms with E-state index < -0.39 is 20.2 Å². The van der Waals surface area contributed by atoms with Crippen molar-refractivity contribution in [2.45, 2.75) is 9.79 Å². The standard InChI is InChI=1S/C25H20N2O7S2.2Na/c28-25(17-1-5-19(6-2-17)26-21-9-13-23(14-10-21)35(29,30)31)18-3-7-20(8-4-18)27-22-11-15-24(16-12-22)36(32,33)34;;/h1-16,26-27H,(H,29,30,31)(H,32,33,34);;/q;2*+1/p-2. The van der Waals surface area contributed by atoms with Crippen molar-refractivity contribution in [3.63, 3.8) is 0 Å². The molecule has 4 aromatic rings. The summed E-state index contributed by atoms with van der Waals surface area (Å²) in [6.45, 7) is 0. The van der Waals surface area contributed by atoms with E-state index in [1.54, 1.807) is 48.5 Å². The molecule has 38 heavy (non-hydrogen) atoms. The Hall–Kier alpha value is -2.03. The molecule has 0 unspecified atom stereocenters. The minimum Gasteiger partial charge on any atom is -0.744 e. The van der Waals surface area contributed by atoms with Crippen LogP contribution in [0.1, 0.15) is 15.9 Å². The van der Waals surface area contributed by atoms with Crippen LogP contribution in [0.3, 0.4) is 0 Å². The monoisotopic (exact) mass is 568 g/mol. The summed E-state index contributed by atoms with van der Waals surface area (Å²) in [6, 6.07) is 24.2. The van der Waals surface area contributed by atoms with Gasteiger partial charge in [-0.2, -0.15) is 0 Å². The average molecular weight is 569 g/mol. The molecule has 0 amide bonds. The first-order chi connectivity index (χ1) is 17.0. The maximum atomic E-state index is 12.8. The maximum absolute atomic E-state index is 12.8. The van der Waals surface area contributed by atoms with E-state index in [2.05, 4.69) is 10.6 Å². The second-order valence-electron chi connectivity index (χ2n) is 7.69. The predicted octanol–water partition coefficient (Wildman–Crippen LogP) is -1.78. The van der Waals surface area contributed by atoms with E-state index in [0.717, 1.165) is 0 Å². The Morgan fingerprint density at radius 2 is 0.711 bits per heavy atom. The molecule has 4 aromatic carbocycles. The molecule has 184 valence electrons. The first-order valence-corrected chi connectivity index (χ1v) is 13.2. The maximum Gasteiger partial charge on any atom is 1.00 e. The number of hydrogen-bond acceptors (Lipinski definition) is 9. The van der Waals surface area contributed by atoms with Crippen molar-refractivity contribution >= 4 is 48.8 Å². The number of nitrogens with one attached hydrogen (secondary N) is 2. The van der Waals surface area contributed by atoms with Crippen LogP contribution in [0.4, 0.5) is 22.7 Å². The summed E-state index contributed by atoms with van der Waals surface area (Å²) in [4.78, 5) is 12.2. The fourth-order valence-electron chi connectivity index (χ4n) is 3.32. The summed E-state index contributed by atoms with van der Waals surface area (Å²) in [5, 5.41) is 6.13. The minimum absolute atomic E-state index is 0. The van der Waals surface area contributed by atoms with Gasteiger partial charge in [-0.3, -0.25) is 4.79 Å². The molecule has 0 bridgehead atoms.